The van der Waals surface area contributed by atoms with Gasteiger partial charge in [0.05, 0.1) is 6.61 Å². The van der Waals surface area contributed by atoms with Crippen molar-refractivity contribution in [2.24, 2.45) is 5.73 Å². The van der Waals surface area contributed by atoms with Crippen molar-refractivity contribution in [1.82, 2.24) is 0 Å². The molecule has 0 unspecified atom stereocenters. The molecule has 4 nitrogen and oxygen atoms in total. The van der Waals surface area contributed by atoms with E-state index < -0.39 is 12.0 Å². The highest BCUT2D eigenvalue weighted by molar-refractivity contribution is 14.1. The molecule has 0 radical (unpaired) electrons. The molecule has 0 aliphatic rings. The molecule has 0 bridgehead atoms. The minimum Gasteiger partial charge on any atom is -0.480 e. The lowest BCUT2D eigenvalue weighted by molar-refractivity contribution is -0.139. The van der Waals surface area contributed by atoms with E-state index in [1.807, 2.05) is 0 Å². The molecule has 0 amide bonds. The van der Waals surface area contributed by atoms with Gasteiger partial charge < -0.3 is 15.6 Å². The van der Waals surface area contributed by atoms with Crippen molar-refractivity contribution in [3.8, 4) is 0 Å². The number of carbonyl (C=O) groups is 1. The van der Waals surface area contributed by atoms with Crippen LogP contribution in [0.15, 0.2) is 0 Å². The molecule has 11 heavy (non-hydrogen) atoms. The van der Waals surface area contributed by atoms with Crippen molar-refractivity contribution in [1.29, 1.82) is 0 Å². The first-order valence-electron chi connectivity index (χ1n) is 3.30. The van der Waals surface area contributed by atoms with Crippen LogP contribution in [0, 0.1) is 0 Å². The highest BCUT2D eigenvalue weighted by atomic mass is 127. The molecule has 1 atom stereocenters. The van der Waals surface area contributed by atoms with Crippen LogP contribution in [0.1, 0.15) is 6.42 Å². The van der Waals surface area contributed by atoms with Crippen LogP contribution in [-0.4, -0.2) is 34.8 Å². The zero-order valence-corrected chi connectivity index (χ0v) is 8.28. The van der Waals surface area contributed by atoms with Crippen molar-refractivity contribution >= 4 is 28.6 Å². The normalized spacial score (nSPS) is 12.9. The van der Waals surface area contributed by atoms with E-state index in [4.69, 9.17) is 15.6 Å². The van der Waals surface area contributed by atoms with Gasteiger partial charge in [-0.25, -0.2) is 0 Å². The fourth-order valence-electron chi connectivity index (χ4n) is 0.490. The second kappa shape index (κ2) is 6.81. The molecule has 0 aliphatic heterocycles. The molecule has 0 aromatic heterocycles. The standard InChI is InChI=1S/C6H12INO3/c7-2-4-11-3-1-5(8)6(9)10/h5H,1-4,8H2,(H,9,10)/t5-/m0/s1. The van der Waals surface area contributed by atoms with E-state index in [0.29, 0.717) is 19.6 Å². The van der Waals surface area contributed by atoms with Crippen molar-refractivity contribution in [3.05, 3.63) is 0 Å². The topological polar surface area (TPSA) is 72.5 Å². The Morgan fingerprint density at radius 3 is 2.73 bits per heavy atom. The molecule has 0 spiro atoms. The van der Waals surface area contributed by atoms with E-state index in [2.05, 4.69) is 22.6 Å². The van der Waals surface area contributed by atoms with Crippen LogP contribution < -0.4 is 5.73 Å². The molecule has 0 rings (SSSR count). The Balaban J connectivity index is 3.17. The molecule has 0 aliphatic carbocycles. The number of alkyl halides is 1. The summed E-state index contributed by atoms with van der Waals surface area (Å²) in [5.41, 5.74) is 5.22. The summed E-state index contributed by atoms with van der Waals surface area (Å²) in [6.07, 6.45) is 0.381. The van der Waals surface area contributed by atoms with Crippen molar-refractivity contribution in [2.75, 3.05) is 17.6 Å². The minimum atomic E-state index is -0.969. The maximum Gasteiger partial charge on any atom is 0.320 e. The van der Waals surface area contributed by atoms with Crippen LogP contribution in [-0.2, 0) is 9.53 Å². The number of carboxylic acids is 1. The highest BCUT2D eigenvalue weighted by Crippen LogP contribution is 1.90. The van der Waals surface area contributed by atoms with Gasteiger partial charge in [-0.15, -0.1) is 0 Å². The fourth-order valence-corrected chi connectivity index (χ4v) is 0.802. The van der Waals surface area contributed by atoms with Crippen LogP contribution in [0.2, 0.25) is 0 Å². The van der Waals surface area contributed by atoms with Crippen LogP contribution in [0.5, 0.6) is 0 Å². The Morgan fingerprint density at radius 2 is 2.27 bits per heavy atom. The number of halogens is 1. The smallest absolute Gasteiger partial charge is 0.320 e. The van der Waals surface area contributed by atoms with Gasteiger partial charge in [-0.3, -0.25) is 4.79 Å². The van der Waals surface area contributed by atoms with Gasteiger partial charge in [0, 0.05) is 11.0 Å². The average Bonchev–Trinajstić information content (AvgIpc) is 1.97. The second-order valence-corrected chi connectivity index (χ2v) is 3.11. The Hall–Kier alpha value is 0.120. The van der Waals surface area contributed by atoms with E-state index in [1.54, 1.807) is 0 Å². The summed E-state index contributed by atoms with van der Waals surface area (Å²) in [5.74, 6) is -0.969. The van der Waals surface area contributed by atoms with Crippen LogP contribution in [0.3, 0.4) is 0 Å². The third-order valence-corrected chi connectivity index (χ3v) is 1.55. The Labute approximate surface area is 79.2 Å². The van der Waals surface area contributed by atoms with Crippen LogP contribution >= 0.6 is 22.6 Å². The van der Waals surface area contributed by atoms with E-state index in [-0.39, 0.29) is 0 Å². The zero-order chi connectivity index (χ0) is 8.69. The van der Waals surface area contributed by atoms with Gasteiger partial charge in [-0.2, -0.15) is 0 Å². The largest absolute Gasteiger partial charge is 0.480 e. The molecular formula is C6H12INO3. The molecule has 0 fully saturated rings. The van der Waals surface area contributed by atoms with Gasteiger partial charge in [0.1, 0.15) is 6.04 Å². The quantitative estimate of drug-likeness (QED) is 0.413. The fraction of sp³-hybridized carbons (Fsp3) is 0.833. The predicted octanol–water partition coefficient (Wildman–Crippen LogP) is 0.240. The summed E-state index contributed by atoms with van der Waals surface area (Å²) < 4.78 is 5.97. The molecule has 0 saturated carbocycles. The number of hydrogen-bond acceptors (Lipinski definition) is 3. The first-order valence-corrected chi connectivity index (χ1v) is 4.83. The van der Waals surface area contributed by atoms with Gasteiger partial charge in [0.15, 0.2) is 0 Å². The van der Waals surface area contributed by atoms with E-state index >= 15 is 0 Å². The zero-order valence-electron chi connectivity index (χ0n) is 6.12. The van der Waals surface area contributed by atoms with Crippen molar-refractivity contribution < 1.29 is 14.6 Å². The maximum atomic E-state index is 10.2. The molecule has 66 valence electrons. The SMILES string of the molecule is N[C@@H](CCOCCI)C(=O)O. The number of carboxylic acid groups (broad SMARTS) is 1. The lowest BCUT2D eigenvalue weighted by atomic mass is 10.2. The van der Waals surface area contributed by atoms with Gasteiger partial charge >= 0.3 is 5.97 Å². The number of ether oxygens (including phenoxy) is 1. The molecular weight excluding hydrogens is 261 g/mol. The summed E-state index contributed by atoms with van der Waals surface area (Å²) in [6.45, 7) is 1.09. The first-order chi connectivity index (χ1) is 5.18. The van der Waals surface area contributed by atoms with Gasteiger partial charge in [-0.1, -0.05) is 22.6 Å². The monoisotopic (exact) mass is 273 g/mol. The molecule has 0 saturated heterocycles. The second-order valence-electron chi connectivity index (χ2n) is 2.03. The molecule has 0 aromatic carbocycles. The minimum absolute atomic E-state index is 0.381. The molecule has 0 aromatic rings. The van der Waals surface area contributed by atoms with Gasteiger partial charge in [-0.05, 0) is 6.42 Å². The maximum absolute atomic E-state index is 10.2. The highest BCUT2D eigenvalue weighted by Gasteiger charge is 2.09. The third-order valence-electron chi connectivity index (χ3n) is 1.11. The van der Waals surface area contributed by atoms with Gasteiger partial charge in [0.2, 0.25) is 0 Å². The Bertz CT molecular complexity index is 120. The average molecular weight is 273 g/mol. The number of rotatable bonds is 6. The Kier molecular flexibility index (Phi) is 6.88. The molecule has 5 heteroatoms. The summed E-state index contributed by atoms with van der Waals surface area (Å²) in [4.78, 5) is 10.2. The van der Waals surface area contributed by atoms with Crippen LogP contribution in [0.25, 0.3) is 0 Å². The number of nitrogens with two attached hydrogens (primary N) is 1. The van der Waals surface area contributed by atoms with Crippen molar-refractivity contribution in [3.63, 3.8) is 0 Å². The summed E-state index contributed by atoms with van der Waals surface area (Å²) >= 11 is 2.19. The number of hydrogen-bond donors (Lipinski definition) is 2. The summed E-state index contributed by atoms with van der Waals surface area (Å²) in [6, 6.07) is -0.788. The summed E-state index contributed by atoms with van der Waals surface area (Å²) in [7, 11) is 0. The summed E-state index contributed by atoms with van der Waals surface area (Å²) in [5, 5.41) is 8.36. The third kappa shape index (κ3) is 6.52. The van der Waals surface area contributed by atoms with Gasteiger partial charge in [0.25, 0.3) is 0 Å². The predicted molar refractivity (Wildman–Crippen MR) is 49.9 cm³/mol. The van der Waals surface area contributed by atoms with Crippen LogP contribution in [0.4, 0.5) is 0 Å². The van der Waals surface area contributed by atoms with E-state index in [0.717, 1.165) is 4.43 Å². The first kappa shape index (κ1) is 11.1. The Morgan fingerprint density at radius 1 is 1.64 bits per heavy atom. The van der Waals surface area contributed by atoms with E-state index in [9.17, 15) is 4.79 Å². The van der Waals surface area contributed by atoms with E-state index in [1.165, 1.54) is 0 Å². The lowest BCUT2D eigenvalue weighted by Crippen LogP contribution is -2.31. The molecule has 3 N–H and O–H groups in total. The van der Waals surface area contributed by atoms with Crippen molar-refractivity contribution in [2.45, 2.75) is 12.5 Å². The lowest BCUT2D eigenvalue weighted by Gasteiger charge is -2.05. The molecule has 0 heterocycles. The number of aliphatic carboxylic acids is 1.